The molecule has 0 amide bonds. The molecule has 0 heterocycles. The molecule has 0 aromatic heterocycles. The van der Waals surface area contributed by atoms with Crippen LogP contribution in [0.25, 0.3) is 0 Å². The first-order valence-electron chi connectivity index (χ1n) is 5.47. The van der Waals surface area contributed by atoms with E-state index < -0.39 is 11.8 Å². The fraction of sp³-hybridized carbons (Fsp3) is 0.0714. The molecule has 0 unspecified atom stereocenters. The maximum absolute atomic E-state index is 13.6. The first-order valence-corrected chi connectivity index (χ1v) is 6.55. The summed E-state index contributed by atoms with van der Waals surface area (Å²) in [6, 6.07) is 11.0. The molecule has 98 valence electrons. The van der Waals surface area contributed by atoms with Crippen LogP contribution in [0.1, 0.15) is 15.9 Å². The molecular weight excluding hydrogens is 362 g/mol. The smallest absolute Gasteiger partial charge is 0.335 e. The third-order valence-corrected chi connectivity index (χ3v) is 3.40. The van der Waals surface area contributed by atoms with Gasteiger partial charge in [0, 0.05) is 5.56 Å². The van der Waals surface area contributed by atoms with Gasteiger partial charge in [0.1, 0.15) is 18.2 Å². The Morgan fingerprint density at radius 1 is 1.26 bits per heavy atom. The first kappa shape index (κ1) is 13.8. The quantitative estimate of drug-likeness (QED) is 0.833. The number of rotatable bonds is 4. The van der Waals surface area contributed by atoms with Crippen LogP contribution in [0.2, 0.25) is 0 Å². The van der Waals surface area contributed by atoms with Crippen LogP contribution >= 0.6 is 22.6 Å². The number of carbonyl (C=O) groups is 1. The fourth-order valence-electron chi connectivity index (χ4n) is 1.54. The van der Waals surface area contributed by atoms with Gasteiger partial charge in [-0.25, -0.2) is 9.18 Å². The fourth-order valence-corrected chi connectivity index (χ4v) is 2.08. The van der Waals surface area contributed by atoms with Gasteiger partial charge in [0.15, 0.2) is 0 Å². The summed E-state index contributed by atoms with van der Waals surface area (Å²) in [6.45, 7) is -0.00698. The van der Waals surface area contributed by atoms with E-state index in [1.165, 1.54) is 12.1 Å². The highest BCUT2D eigenvalue weighted by atomic mass is 127. The Bertz CT molecular complexity index is 613. The van der Waals surface area contributed by atoms with E-state index in [1.54, 1.807) is 6.07 Å². The number of ether oxygens (including phenoxy) is 1. The van der Waals surface area contributed by atoms with Crippen molar-refractivity contribution >= 4 is 28.6 Å². The lowest BCUT2D eigenvalue weighted by Crippen LogP contribution is -2.03. The van der Waals surface area contributed by atoms with Crippen LogP contribution in [0.3, 0.4) is 0 Å². The van der Waals surface area contributed by atoms with Crippen molar-refractivity contribution in [2.24, 2.45) is 0 Å². The Morgan fingerprint density at radius 3 is 2.68 bits per heavy atom. The van der Waals surface area contributed by atoms with Crippen molar-refractivity contribution in [2.75, 3.05) is 0 Å². The Hall–Kier alpha value is -1.63. The average Bonchev–Trinajstić information content (AvgIpc) is 2.39. The molecule has 0 saturated carbocycles. The van der Waals surface area contributed by atoms with Crippen LogP contribution < -0.4 is 4.74 Å². The van der Waals surface area contributed by atoms with Gasteiger partial charge < -0.3 is 9.84 Å². The summed E-state index contributed by atoms with van der Waals surface area (Å²) in [5.74, 6) is -0.922. The average molecular weight is 372 g/mol. The van der Waals surface area contributed by atoms with Gasteiger partial charge in [0.2, 0.25) is 0 Å². The molecule has 0 saturated heterocycles. The van der Waals surface area contributed by atoms with Crippen molar-refractivity contribution in [1.29, 1.82) is 0 Å². The summed E-state index contributed by atoms with van der Waals surface area (Å²) in [5, 5.41) is 8.87. The van der Waals surface area contributed by atoms with E-state index in [-0.39, 0.29) is 17.7 Å². The number of hydrogen-bond acceptors (Lipinski definition) is 2. The Labute approximate surface area is 123 Å². The number of halogens is 2. The first-order chi connectivity index (χ1) is 9.08. The van der Waals surface area contributed by atoms with Gasteiger partial charge in [-0.05, 0) is 52.9 Å². The lowest BCUT2D eigenvalue weighted by molar-refractivity contribution is 0.0696. The van der Waals surface area contributed by atoms with Crippen molar-refractivity contribution < 1.29 is 19.0 Å². The molecule has 0 aliphatic carbocycles. The van der Waals surface area contributed by atoms with Crippen molar-refractivity contribution in [3.05, 3.63) is 63.0 Å². The molecule has 5 heteroatoms. The highest BCUT2D eigenvalue weighted by molar-refractivity contribution is 14.1. The van der Waals surface area contributed by atoms with Crippen LogP contribution in [0.4, 0.5) is 4.39 Å². The van der Waals surface area contributed by atoms with Gasteiger partial charge in [-0.3, -0.25) is 0 Å². The van der Waals surface area contributed by atoms with Gasteiger partial charge in [-0.2, -0.15) is 0 Å². The predicted octanol–water partition coefficient (Wildman–Crippen LogP) is 3.71. The van der Waals surface area contributed by atoms with Gasteiger partial charge >= 0.3 is 5.97 Å². The Kier molecular flexibility index (Phi) is 4.36. The Morgan fingerprint density at radius 2 is 2.00 bits per heavy atom. The second-order valence-corrected chi connectivity index (χ2v) is 4.99. The van der Waals surface area contributed by atoms with E-state index in [2.05, 4.69) is 22.6 Å². The second kappa shape index (κ2) is 6.01. The molecular formula is C14H10FIO3. The van der Waals surface area contributed by atoms with Crippen LogP contribution in [0.15, 0.2) is 42.5 Å². The summed E-state index contributed by atoms with van der Waals surface area (Å²) < 4.78 is 20.0. The zero-order chi connectivity index (χ0) is 13.8. The number of carboxylic acids is 1. The van der Waals surface area contributed by atoms with Crippen molar-refractivity contribution in [2.45, 2.75) is 6.61 Å². The van der Waals surface area contributed by atoms with Gasteiger partial charge in [-0.15, -0.1) is 0 Å². The van der Waals surface area contributed by atoms with E-state index in [0.29, 0.717) is 5.75 Å². The lowest BCUT2D eigenvalue weighted by Gasteiger charge is -2.09. The molecule has 0 fully saturated rings. The van der Waals surface area contributed by atoms with E-state index in [1.807, 2.05) is 18.2 Å². The normalized spacial score (nSPS) is 10.2. The zero-order valence-electron chi connectivity index (χ0n) is 9.77. The molecule has 1 N–H and O–H groups in total. The monoisotopic (exact) mass is 372 g/mol. The van der Waals surface area contributed by atoms with E-state index in [9.17, 15) is 9.18 Å². The highest BCUT2D eigenvalue weighted by Crippen LogP contribution is 2.21. The standard InChI is InChI=1S/C14H10FIO3/c15-11-6-5-9(14(17)18)7-10(11)8-19-13-4-2-1-3-12(13)16/h1-7H,8H2,(H,17,18). The topological polar surface area (TPSA) is 46.5 Å². The molecule has 0 radical (unpaired) electrons. The van der Waals surface area contributed by atoms with Gasteiger partial charge in [-0.1, -0.05) is 12.1 Å². The molecule has 0 atom stereocenters. The highest BCUT2D eigenvalue weighted by Gasteiger charge is 2.09. The Balaban J connectivity index is 2.17. The molecule has 0 aliphatic rings. The van der Waals surface area contributed by atoms with Crippen LogP contribution in [-0.4, -0.2) is 11.1 Å². The number of benzene rings is 2. The van der Waals surface area contributed by atoms with Crippen molar-refractivity contribution in [1.82, 2.24) is 0 Å². The maximum atomic E-state index is 13.6. The number of para-hydroxylation sites is 1. The number of carboxylic acid groups (broad SMARTS) is 1. The van der Waals surface area contributed by atoms with Crippen molar-refractivity contribution in [3.8, 4) is 5.75 Å². The maximum Gasteiger partial charge on any atom is 0.335 e. The summed E-state index contributed by atoms with van der Waals surface area (Å²) in [7, 11) is 0. The zero-order valence-corrected chi connectivity index (χ0v) is 11.9. The molecule has 0 spiro atoms. The molecule has 2 rings (SSSR count). The van der Waals surface area contributed by atoms with Crippen molar-refractivity contribution in [3.63, 3.8) is 0 Å². The van der Waals surface area contributed by atoms with E-state index in [4.69, 9.17) is 9.84 Å². The number of aromatic carboxylic acids is 1. The third kappa shape index (κ3) is 3.44. The number of hydrogen-bond donors (Lipinski definition) is 1. The largest absolute Gasteiger partial charge is 0.488 e. The third-order valence-electron chi connectivity index (χ3n) is 2.51. The minimum absolute atomic E-state index is 0.00698. The van der Waals surface area contributed by atoms with Gasteiger partial charge in [0.05, 0.1) is 9.13 Å². The molecule has 3 nitrogen and oxygen atoms in total. The molecule has 0 aliphatic heterocycles. The summed E-state index contributed by atoms with van der Waals surface area (Å²) in [6.07, 6.45) is 0. The van der Waals surface area contributed by atoms with E-state index in [0.717, 1.165) is 9.64 Å². The summed E-state index contributed by atoms with van der Waals surface area (Å²) >= 11 is 2.12. The van der Waals surface area contributed by atoms with Gasteiger partial charge in [0.25, 0.3) is 0 Å². The predicted molar refractivity (Wildman–Crippen MR) is 76.9 cm³/mol. The van der Waals surface area contributed by atoms with Crippen LogP contribution in [-0.2, 0) is 6.61 Å². The minimum atomic E-state index is -1.09. The molecule has 19 heavy (non-hydrogen) atoms. The van der Waals surface area contributed by atoms with Crippen LogP contribution in [0, 0.1) is 9.39 Å². The van der Waals surface area contributed by atoms with E-state index >= 15 is 0 Å². The molecule has 0 bridgehead atoms. The molecule has 2 aromatic rings. The SMILES string of the molecule is O=C(O)c1ccc(F)c(COc2ccccc2I)c1. The van der Waals surface area contributed by atoms with Crippen LogP contribution in [0.5, 0.6) is 5.75 Å². The summed E-state index contributed by atoms with van der Waals surface area (Å²) in [4.78, 5) is 10.8. The second-order valence-electron chi connectivity index (χ2n) is 3.83. The minimum Gasteiger partial charge on any atom is -0.488 e. The lowest BCUT2D eigenvalue weighted by atomic mass is 10.1. The molecule has 2 aromatic carbocycles. The summed E-state index contributed by atoms with van der Waals surface area (Å²) in [5.41, 5.74) is 0.266.